The third-order valence-electron chi connectivity index (χ3n) is 6.29. The first-order chi connectivity index (χ1) is 17.7. The van der Waals surface area contributed by atoms with Gasteiger partial charge in [0.25, 0.3) is 0 Å². The van der Waals surface area contributed by atoms with E-state index in [-0.39, 0.29) is 30.8 Å². The van der Waals surface area contributed by atoms with Crippen molar-refractivity contribution in [1.82, 2.24) is 4.90 Å². The minimum absolute atomic E-state index is 0.0751. The van der Waals surface area contributed by atoms with Crippen molar-refractivity contribution in [2.24, 2.45) is 11.7 Å². The fraction of sp³-hybridized carbons (Fsp3) is 0.276. The zero-order chi connectivity index (χ0) is 26.5. The van der Waals surface area contributed by atoms with E-state index in [1.807, 2.05) is 92.7 Å². The van der Waals surface area contributed by atoms with Crippen LogP contribution in [-0.2, 0) is 9.59 Å². The minimum atomic E-state index is -0.556. The molecule has 1 fully saturated rings. The number of hydrogen-bond acceptors (Lipinski definition) is 3. The summed E-state index contributed by atoms with van der Waals surface area (Å²) in [5, 5.41) is 0. The fourth-order valence-electron chi connectivity index (χ4n) is 4.65. The lowest BCUT2D eigenvalue weighted by Gasteiger charge is -2.28. The molecule has 1 atom stereocenters. The number of carbonyl (C=O) groups is 3. The van der Waals surface area contributed by atoms with Gasteiger partial charge < -0.3 is 10.6 Å². The van der Waals surface area contributed by atoms with Gasteiger partial charge in [-0.15, -0.1) is 0 Å². The van der Waals surface area contributed by atoms with Crippen molar-refractivity contribution in [2.45, 2.75) is 26.3 Å². The molecule has 0 aliphatic carbocycles. The molecular weight excluding hydrogens is 532 g/mol. The predicted octanol–water partition coefficient (Wildman–Crippen LogP) is 5.29. The molecule has 0 bridgehead atoms. The Labute approximate surface area is 226 Å². The van der Waals surface area contributed by atoms with Gasteiger partial charge in [-0.3, -0.25) is 19.4 Å². The molecule has 8 heteroatoms. The number of nitrogens with two attached hydrogens (primary N) is 1. The van der Waals surface area contributed by atoms with Gasteiger partial charge in [-0.1, -0.05) is 68.4 Å². The van der Waals surface area contributed by atoms with E-state index < -0.39 is 11.9 Å². The zero-order valence-corrected chi connectivity index (χ0v) is 22.6. The van der Waals surface area contributed by atoms with Crippen molar-refractivity contribution in [3.8, 4) is 11.1 Å². The largest absolute Gasteiger partial charge is 0.368 e. The summed E-state index contributed by atoms with van der Waals surface area (Å²) in [5.41, 5.74) is 9.02. The minimum Gasteiger partial charge on any atom is -0.368 e. The summed E-state index contributed by atoms with van der Waals surface area (Å²) in [6.07, 6.45) is 0.0751. The Hall–Kier alpha value is -3.65. The fourth-order valence-corrected chi connectivity index (χ4v) is 5.13. The van der Waals surface area contributed by atoms with Crippen LogP contribution in [0.2, 0.25) is 0 Å². The van der Waals surface area contributed by atoms with Gasteiger partial charge in [0.2, 0.25) is 11.8 Å². The summed E-state index contributed by atoms with van der Waals surface area (Å²) in [6.45, 7) is 4.57. The first-order valence-electron chi connectivity index (χ1n) is 12.3. The maximum Gasteiger partial charge on any atom is 0.329 e. The maximum atomic E-state index is 13.8. The summed E-state index contributed by atoms with van der Waals surface area (Å²) >= 11 is 3.56. The van der Waals surface area contributed by atoms with Crippen molar-refractivity contribution >= 4 is 45.2 Å². The summed E-state index contributed by atoms with van der Waals surface area (Å²) in [4.78, 5) is 43.6. The van der Waals surface area contributed by atoms with Crippen molar-refractivity contribution < 1.29 is 14.4 Å². The number of benzene rings is 3. The van der Waals surface area contributed by atoms with Gasteiger partial charge in [-0.25, -0.2) is 4.79 Å². The molecule has 0 saturated carbocycles. The monoisotopic (exact) mass is 562 g/mol. The third-order valence-corrected chi connectivity index (χ3v) is 6.96. The molecule has 192 valence electrons. The van der Waals surface area contributed by atoms with Crippen molar-refractivity contribution in [1.29, 1.82) is 0 Å². The maximum absolute atomic E-state index is 13.8. The molecule has 37 heavy (non-hydrogen) atoms. The molecule has 1 aliphatic heterocycles. The number of anilines is 2. The smallest absolute Gasteiger partial charge is 0.329 e. The Kier molecular flexibility index (Phi) is 8.28. The predicted molar refractivity (Wildman–Crippen MR) is 150 cm³/mol. The summed E-state index contributed by atoms with van der Waals surface area (Å²) in [7, 11) is 0. The highest BCUT2D eigenvalue weighted by Gasteiger charge is 2.41. The van der Waals surface area contributed by atoms with Gasteiger partial charge in [-0.05, 0) is 57.2 Å². The molecule has 1 saturated heterocycles. The average Bonchev–Trinajstić information content (AvgIpc) is 3.19. The Bertz CT molecular complexity index is 1260. The van der Waals surface area contributed by atoms with Crippen LogP contribution >= 0.6 is 15.9 Å². The van der Waals surface area contributed by atoms with Crippen molar-refractivity contribution in [3.05, 3.63) is 83.3 Å². The van der Waals surface area contributed by atoms with Crippen LogP contribution in [0.25, 0.3) is 11.1 Å². The number of primary amides is 1. The van der Waals surface area contributed by atoms with Gasteiger partial charge in [0.15, 0.2) is 0 Å². The molecule has 4 amide bonds. The van der Waals surface area contributed by atoms with Gasteiger partial charge in [-0.2, -0.15) is 0 Å². The van der Waals surface area contributed by atoms with Crippen molar-refractivity contribution in [3.63, 3.8) is 0 Å². The lowest BCUT2D eigenvalue weighted by atomic mass is 10.1. The van der Waals surface area contributed by atoms with Crippen LogP contribution in [0.15, 0.2) is 83.3 Å². The van der Waals surface area contributed by atoms with E-state index in [4.69, 9.17) is 5.73 Å². The quantitative estimate of drug-likeness (QED) is 0.384. The van der Waals surface area contributed by atoms with Crippen LogP contribution < -0.4 is 15.5 Å². The number of urea groups is 1. The highest BCUT2D eigenvalue weighted by atomic mass is 79.9. The van der Waals surface area contributed by atoms with Crippen LogP contribution in [0, 0.1) is 5.92 Å². The molecule has 4 rings (SSSR count). The Morgan fingerprint density at radius 1 is 0.973 bits per heavy atom. The van der Waals surface area contributed by atoms with Gasteiger partial charge in [0.1, 0.15) is 0 Å². The average molecular weight is 563 g/mol. The Morgan fingerprint density at radius 3 is 2.22 bits per heavy atom. The van der Waals surface area contributed by atoms with E-state index in [1.165, 1.54) is 4.90 Å². The molecule has 3 aromatic rings. The van der Waals surface area contributed by atoms with E-state index in [0.717, 1.165) is 21.3 Å². The molecule has 1 unspecified atom stereocenters. The third kappa shape index (κ3) is 6.20. The standard InChI is InChI=1S/C29H31BrN4O3/c1-20(2)17-32(19-27(31)35)28(36)16-24-18-33(29(37)34(24)26-11-7-6-10-25(26)30)23-14-12-22(13-15-23)21-8-4-3-5-9-21/h3-15,20,24H,16-19H2,1-2H3,(H2,31,35). The lowest BCUT2D eigenvalue weighted by Crippen LogP contribution is -2.44. The lowest BCUT2D eigenvalue weighted by molar-refractivity contribution is -0.135. The van der Waals surface area contributed by atoms with Crippen molar-refractivity contribution in [2.75, 3.05) is 29.4 Å². The summed E-state index contributed by atoms with van der Waals surface area (Å²) in [5.74, 6) is -0.588. The van der Waals surface area contributed by atoms with E-state index in [2.05, 4.69) is 15.9 Å². The SMILES string of the molecule is CC(C)CN(CC(N)=O)C(=O)CC1CN(c2ccc(-c3ccccc3)cc2)C(=O)N1c1ccccc1Br. The van der Waals surface area contributed by atoms with E-state index in [1.54, 1.807) is 9.80 Å². The van der Waals surface area contributed by atoms with Crippen LogP contribution in [0.4, 0.5) is 16.2 Å². The van der Waals surface area contributed by atoms with Gasteiger partial charge in [0.05, 0.1) is 18.3 Å². The highest BCUT2D eigenvalue weighted by molar-refractivity contribution is 9.10. The number of rotatable bonds is 9. The molecule has 3 aromatic carbocycles. The second kappa shape index (κ2) is 11.6. The number of hydrogen-bond donors (Lipinski definition) is 1. The number of amides is 4. The van der Waals surface area contributed by atoms with Gasteiger partial charge >= 0.3 is 6.03 Å². The van der Waals surface area contributed by atoms with Crippen LogP contribution in [0.1, 0.15) is 20.3 Å². The molecule has 1 aliphatic rings. The number of nitrogens with zero attached hydrogens (tertiary/aromatic N) is 3. The van der Waals surface area contributed by atoms with Crippen LogP contribution in [-0.4, -0.2) is 48.4 Å². The number of carbonyl (C=O) groups excluding carboxylic acids is 3. The first-order valence-corrected chi connectivity index (χ1v) is 13.1. The molecular formula is C29H31BrN4O3. The molecule has 0 spiro atoms. The second-order valence-corrected chi connectivity index (χ2v) is 10.5. The molecule has 1 heterocycles. The normalized spacial score (nSPS) is 15.4. The Balaban J connectivity index is 1.63. The van der Waals surface area contributed by atoms with Crippen LogP contribution in [0.5, 0.6) is 0 Å². The molecule has 0 radical (unpaired) electrons. The highest BCUT2D eigenvalue weighted by Crippen LogP contribution is 2.35. The number of para-hydroxylation sites is 1. The molecule has 7 nitrogen and oxygen atoms in total. The van der Waals surface area contributed by atoms with E-state index in [9.17, 15) is 14.4 Å². The second-order valence-electron chi connectivity index (χ2n) is 9.62. The van der Waals surface area contributed by atoms with E-state index >= 15 is 0 Å². The summed E-state index contributed by atoms with van der Waals surface area (Å²) in [6, 6.07) is 24.7. The zero-order valence-electron chi connectivity index (χ0n) is 21.0. The summed E-state index contributed by atoms with van der Waals surface area (Å²) < 4.78 is 0.762. The topological polar surface area (TPSA) is 87.0 Å². The van der Waals surface area contributed by atoms with Crippen LogP contribution in [0.3, 0.4) is 0 Å². The number of halogens is 1. The van der Waals surface area contributed by atoms with Gasteiger partial charge in [0, 0.05) is 29.7 Å². The van der Waals surface area contributed by atoms with E-state index in [0.29, 0.717) is 18.8 Å². The first kappa shape index (κ1) is 26.4. The molecule has 2 N–H and O–H groups in total. The Morgan fingerprint density at radius 2 is 1.59 bits per heavy atom. The molecule has 0 aromatic heterocycles.